The Labute approximate surface area is 93.5 Å². The number of carbonyl (C=O) groups excluding carboxylic acids is 1. The smallest absolute Gasteiger partial charge is 0.337 e. The van der Waals surface area contributed by atoms with Crippen molar-refractivity contribution in [1.29, 1.82) is 0 Å². The van der Waals surface area contributed by atoms with Gasteiger partial charge in [-0.25, -0.2) is 4.79 Å². The molecule has 4 heteroatoms. The minimum atomic E-state index is -0.315. The van der Waals surface area contributed by atoms with Crippen molar-refractivity contribution in [3.8, 4) is 0 Å². The molecule has 1 aliphatic carbocycles. The largest absolute Gasteiger partial charge is 0.465 e. The SMILES string of the molecule is COC(=O)c1ccc2c(c1)CCC(=NO)C2. The zero-order chi connectivity index (χ0) is 11.5. The average Bonchev–Trinajstić information content (AvgIpc) is 2.36. The van der Waals surface area contributed by atoms with E-state index in [-0.39, 0.29) is 5.97 Å². The molecule has 1 aromatic carbocycles. The van der Waals surface area contributed by atoms with Crippen LogP contribution in [0.5, 0.6) is 0 Å². The molecule has 0 radical (unpaired) electrons. The number of oxime groups is 1. The number of ether oxygens (including phenoxy) is 1. The topological polar surface area (TPSA) is 58.9 Å². The Bertz CT molecular complexity index is 452. The van der Waals surface area contributed by atoms with Crippen molar-refractivity contribution in [3.63, 3.8) is 0 Å². The molecule has 1 aromatic rings. The standard InChI is InChI=1S/C12H13NO3/c1-16-12(14)10-3-2-9-7-11(13-15)5-4-8(9)6-10/h2-3,6,15H,4-5,7H2,1H3. The predicted octanol–water partition coefficient (Wildman–Crippen LogP) is 1.79. The molecule has 0 fully saturated rings. The van der Waals surface area contributed by atoms with Gasteiger partial charge in [-0.1, -0.05) is 11.2 Å². The van der Waals surface area contributed by atoms with E-state index in [1.807, 2.05) is 12.1 Å². The summed E-state index contributed by atoms with van der Waals surface area (Å²) >= 11 is 0. The highest BCUT2D eigenvalue weighted by Crippen LogP contribution is 2.21. The Balaban J connectivity index is 2.31. The molecular weight excluding hydrogens is 206 g/mol. The molecule has 0 heterocycles. The lowest BCUT2D eigenvalue weighted by molar-refractivity contribution is 0.0600. The predicted molar refractivity (Wildman–Crippen MR) is 59.0 cm³/mol. The van der Waals surface area contributed by atoms with Gasteiger partial charge in [0.15, 0.2) is 0 Å². The zero-order valence-corrected chi connectivity index (χ0v) is 9.06. The summed E-state index contributed by atoms with van der Waals surface area (Å²) in [5.74, 6) is -0.315. The number of nitrogens with zero attached hydrogens (tertiary/aromatic N) is 1. The van der Waals surface area contributed by atoms with Gasteiger partial charge in [-0.05, 0) is 36.1 Å². The molecule has 0 aromatic heterocycles. The molecule has 1 N–H and O–H groups in total. The van der Waals surface area contributed by atoms with Crippen LogP contribution in [0.2, 0.25) is 0 Å². The Morgan fingerprint density at radius 3 is 2.88 bits per heavy atom. The second-order valence-electron chi connectivity index (χ2n) is 3.82. The molecule has 0 saturated carbocycles. The molecule has 0 atom stereocenters. The second kappa shape index (κ2) is 4.35. The molecule has 0 amide bonds. The zero-order valence-electron chi connectivity index (χ0n) is 9.06. The Morgan fingerprint density at radius 1 is 1.38 bits per heavy atom. The van der Waals surface area contributed by atoms with Crippen LogP contribution in [0.4, 0.5) is 0 Å². The number of hydrogen-bond donors (Lipinski definition) is 1. The first kappa shape index (κ1) is 10.7. The fourth-order valence-corrected chi connectivity index (χ4v) is 1.95. The van der Waals surface area contributed by atoms with Crippen molar-refractivity contribution in [3.05, 3.63) is 34.9 Å². The maximum atomic E-state index is 11.3. The van der Waals surface area contributed by atoms with Crippen LogP contribution in [0.25, 0.3) is 0 Å². The van der Waals surface area contributed by atoms with Crippen LogP contribution in [0.3, 0.4) is 0 Å². The number of aryl methyl sites for hydroxylation is 1. The number of esters is 1. The Hall–Kier alpha value is -1.84. The molecule has 1 aliphatic rings. The first-order chi connectivity index (χ1) is 7.74. The molecule has 0 saturated heterocycles. The van der Waals surface area contributed by atoms with Gasteiger partial charge >= 0.3 is 5.97 Å². The molecule has 0 unspecified atom stereocenters. The molecule has 4 nitrogen and oxygen atoms in total. The number of hydrogen-bond acceptors (Lipinski definition) is 4. The normalized spacial score (nSPS) is 16.9. The lowest BCUT2D eigenvalue weighted by Gasteiger charge is -2.17. The van der Waals surface area contributed by atoms with Crippen LogP contribution in [-0.2, 0) is 17.6 Å². The minimum absolute atomic E-state index is 0.315. The molecule has 0 aliphatic heterocycles. The van der Waals surface area contributed by atoms with Crippen molar-refractivity contribution >= 4 is 11.7 Å². The fraction of sp³-hybridized carbons (Fsp3) is 0.333. The van der Waals surface area contributed by atoms with Crippen molar-refractivity contribution in [2.24, 2.45) is 5.16 Å². The van der Waals surface area contributed by atoms with Gasteiger partial charge in [-0.3, -0.25) is 0 Å². The number of methoxy groups -OCH3 is 1. The summed E-state index contributed by atoms with van der Waals surface area (Å²) < 4.78 is 4.67. The number of carbonyl (C=O) groups is 1. The summed E-state index contributed by atoms with van der Waals surface area (Å²) in [6, 6.07) is 5.49. The molecule has 84 valence electrons. The second-order valence-corrected chi connectivity index (χ2v) is 3.82. The number of rotatable bonds is 1. The Morgan fingerprint density at radius 2 is 2.19 bits per heavy atom. The van der Waals surface area contributed by atoms with Crippen molar-refractivity contribution in [2.45, 2.75) is 19.3 Å². The van der Waals surface area contributed by atoms with E-state index < -0.39 is 0 Å². The van der Waals surface area contributed by atoms with Crippen molar-refractivity contribution in [2.75, 3.05) is 7.11 Å². The van der Waals surface area contributed by atoms with E-state index in [1.54, 1.807) is 6.07 Å². The third-order valence-corrected chi connectivity index (χ3v) is 2.85. The van der Waals surface area contributed by atoms with Crippen LogP contribution in [0.15, 0.2) is 23.4 Å². The van der Waals surface area contributed by atoms with Crippen LogP contribution in [0, 0.1) is 0 Å². The molecule has 2 rings (SSSR count). The summed E-state index contributed by atoms with van der Waals surface area (Å²) in [5, 5.41) is 12.0. The van der Waals surface area contributed by atoms with Gasteiger partial charge in [0.05, 0.1) is 18.4 Å². The van der Waals surface area contributed by atoms with Gasteiger partial charge < -0.3 is 9.94 Å². The molecule has 16 heavy (non-hydrogen) atoms. The monoisotopic (exact) mass is 219 g/mol. The number of fused-ring (bicyclic) bond motifs is 1. The maximum Gasteiger partial charge on any atom is 0.337 e. The molecule has 0 bridgehead atoms. The van der Waals surface area contributed by atoms with Crippen LogP contribution >= 0.6 is 0 Å². The summed E-state index contributed by atoms with van der Waals surface area (Å²) in [6.45, 7) is 0. The van der Waals surface area contributed by atoms with E-state index in [2.05, 4.69) is 9.89 Å². The average molecular weight is 219 g/mol. The highest BCUT2D eigenvalue weighted by Gasteiger charge is 2.16. The highest BCUT2D eigenvalue weighted by molar-refractivity contribution is 5.91. The lowest BCUT2D eigenvalue weighted by atomic mass is 9.89. The van der Waals surface area contributed by atoms with E-state index in [0.29, 0.717) is 12.0 Å². The third-order valence-electron chi connectivity index (χ3n) is 2.85. The minimum Gasteiger partial charge on any atom is -0.465 e. The third kappa shape index (κ3) is 1.91. The van der Waals surface area contributed by atoms with E-state index in [4.69, 9.17) is 5.21 Å². The van der Waals surface area contributed by atoms with Crippen LogP contribution in [-0.4, -0.2) is 24.0 Å². The Kier molecular flexibility index (Phi) is 2.90. The van der Waals surface area contributed by atoms with Gasteiger partial charge in [0.1, 0.15) is 0 Å². The summed E-state index contributed by atoms with van der Waals surface area (Å²) in [5.41, 5.74) is 3.62. The van der Waals surface area contributed by atoms with Gasteiger partial charge in [0, 0.05) is 6.42 Å². The van der Waals surface area contributed by atoms with E-state index in [1.165, 1.54) is 7.11 Å². The molecule has 0 spiro atoms. The van der Waals surface area contributed by atoms with E-state index >= 15 is 0 Å². The fourth-order valence-electron chi connectivity index (χ4n) is 1.95. The molecular formula is C12H13NO3. The van der Waals surface area contributed by atoms with Gasteiger partial charge in [0.2, 0.25) is 0 Å². The van der Waals surface area contributed by atoms with Gasteiger partial charge in [-0.15, -0.1) is 0 Å². The highest BCUT2D eigenvalue weighted by atomic mass is 16.5. The first-order valence-corrected chi connectivity index (χ1v) is 5.14. The summed E-state index contributed by atoms with van der Waals surface area (Å²) in [4.78, 5) is 11.3. The van der Waals surface area contributed by atoms with Crippen LogP contribution < -0.4 is 0 Å². The van der Waals surface area contributed by atoms with Crippen molar-refractivity contribution in [1.82, 2.24) is 0 Å². The van der Waals surface area contributed by atoms with Crippen molar-refractivity contribution < 1.29 is 14.7 Å². The first-order valence-electron chi connectivity index (χ1n) is 5.14. The van der Waals surface area contributed by atoms with Crippen LogP contribution in [0.1, 0.15) is 27.9 Å². The van der Waals surface area contributed by atoms with Gasteiger partial charge in [-0.2, -0.15) is 0 Å². The quantitative estimate of drug-likeness (QED) is 0.445. The lowest BCUT2D eigenvalue weighted by Crippen LogP contribution is -2.14. The summed E-state index contributed by atoms with van der Waals surface area (Å²) in [6.07, 6.45) is 2.21. The van der Waals surface area contributed by atoms with Gasteiger partial charge in [0.25, 0.3) is 0 Å². The van der Waals surface area contributed by atoms with E-state index in [0.717, 1.165) is 29.7 Å². The van der Waals surface area contributed by atoms with E-state index in [9.17, 15) is 4.79 Å². The number of benzene rings is 1. The summed E-state index contributed by atoms with van der Waals surface area (Å²) in [7, 11) is 1.37. The maximum absolute atomic E-state index is 11.3.